The van der Waals surface area contributed by atoms with Crippen LogP contribution >= 0.6 is 11.6 Å². The van der Waals surface area contributed by atoms with Crippen molar-refractivity contribution < 1.29 is 48.6 Å². The molecule has 2 aromatic rings. The van der Waals surface area contributed by atoms with E-state index in [4.69, 9.17) is 21.1 Å². The van der Waals surface area contributed by atoms with Crippen molar-refractivity contribution in [1.82, 2.24) is 0 Å². The highest BCUT2D eigenvalue weighted by atomic mass is 35.5. The number of aliphatic hydroxyl groups excluding tert-OH is 1. The minimum atomic E-state index is -1.78. The zero-order chi connectivity index (χ0) is 28.7. The van der Waals surface area contributed by atoms with E-state index < -0.39 is 53.9 Å². The topological polar surface area (TPSA) is 181 Å². The number of fused-ring (bicyclic) bond motifs is 1. The van der Waals surface area contributed by atoms with Gasteiger partial charge in [0.25, 0.3) is 10.2 Å². The first-order chi connectivity index (χ1) is 18.5. The van der Waals surface area contributed by atoms with Crippen LogP contribution < -0.4 is 4.74 Å². The Labute approximate surface area is 226 Å². The number of ether oxygens (including phenoxy) is 2. The Kier molecular flexibility index (Phi) is 9.37. The maximum atomic E-state index is 13.4. The number of methoxy groups -OCH3 is 1. The summed E-state index contributed by atoms with van der Waals surface area (Å²) in [6.45, 7) is -1.51. The van der Waals surface area contributed by atoms with Gasteiger partial charge in [-0.2, -0.15) is 0 Å². The fourth-order valence-corrected chi connectivity index (χ4v) is 4.19. The van der Waals surface area contributed by atoms with E-state index in [9.17, 15) is 34.9 Å². The molecule has 1 atom stereocenters. The van der Waals surface area contributed by atoms with Crippen LogP contribution in [0.25, 0.3) is 0 Å². The highest BCUT2D eigenvalue weighted by molar-refractivity contribution is 6.30. The van der Waals surface area contributed by atoms with Gasteiger partial charge in [-0.15, -0.1) is 24.8 Å². The summed E-state index contributed by atoms with van der Waals surface area (Å²) in [7, 11) is 1.47. The molecule has 15 heteroatoms. The molecule has 208 valence electrons. The van der Waals surface area contributed by atoms with E-state index in [1.807, 2.05) is 0 Å². The van der Waals surface area contributed by atoms with Crippen LogP contribution in [0.15, 0.2) is 42.5 Å². The van der Waals surface area contributed by atoms with Crippen LogP contribution in [-0.4, -0.2) is 71.0 Å². The largest absolute Gasteiger partial charge is 0.497 e. The number of carbonyl (C=O) groups excluding carboxylic acids is 2. The van der Waals surface area contributed by atoms with E-state index in [-0.39, 0.29) is 12.3 Å². The molecule has 0 aliphatic carbocycles. The smallest absolute Gasteiger partial charge is 0.425 e. The van der Waals surface area contributed by atoms with E-state index in [0.29, 0.717) is 33.3 Å². The van der Waals surface area contributed by atoms with Crippen molar-refractivity contribution in [3.05, 3.63) is 78.8 Å². The lowest BCUT2D eigenvalue weighted by Crippen LogP contribution is -2.42. The normalized spacial score (nSPS) is 14.4. The van der Waals surface area contributed by atoms with Crippen molar-refractivity contribution in [2.75, 3.05) is 33.5 Å². The number of halogens is 1. The molecule has 2 aromatic carbocycles. The van der Waals surface area contributed by atoms with E-state index >= 15 is 0 Å². The summed E-state index contributed by atoms with van der Waals surface area (Å²) in [6, 6.07) is 11.4. The lowest BCUT2D eigenvalue weighted by molar-refractivity contribution is -0.772. The first kappa shape index (κ1) is 29.3. The minimum Gasteiger partial charge on any atom is -0.497 e. The van der Waals surface area contributed by atoms with Gasteiger partial charge in [0, 0.05) is 23.6 Å². The van der Waals surface area contributed by atoms with Gasteiger partial charge >= 0.3 is 11.9 Å². The number of carbonyl (C=O) groups is 2. The van der Waals surface area contributed by atoms with Crippen LogP contribution in [0.2, 0.25) is 5.02 Å². The number of amides is 1. The first-order valence-electron chi connectivity index (χ1n) is 11.4. The Morgan fingerprint density at radius 2 is 1.67 bits per heavy atom. The fraction of sp³-hybridized carbons (Fsp3) is 0.375. The third-order valence-electron chi connectivity index (χ3n) is 6.20. The van der Waals surface area contributed by atoms with Crippen molar-refractivity contribution >= 4 is 34.9 Å². The van der Waals surface area contributed by atoms with Gasteiger partial charge in [0.1, 0.15) is 25.6 Å². The molecule has 0 spiro atoms. The average Bonchev–Trinajstić information content (AvgIpc) is 3.18. The molecule has 0 bridgehead atoms. The molecular formula is C24H25ClN3O11+. The van der Waals surface area contributed by atoms with Gasteiger partial charge in [0.2, 0.25) is 5.69 Å². The summed E-state index contributed by atoms with van der Waals surface area (Å²) in [4.78, 5) is 56.2. The highest BCUT2D eigenvalue weighted by Gasteiger charge is 2.43. The molecule has 1 heterocycles. The van der Waals surface area contributed by atoms with E-state index in [0.717, 1.165) is 0 Å². The second-order valence-electron chi connectivity index (χ2n) is 8.78. The molecule has 0 saturated carbocycles. The second kappa shape index (κ2) is 12.5. The summed E-state index contributed by atoms with van der Waals surface area (Å²) in [5.41, 5.74) is 0.273. The number of nitrogens with zero attached hydrogens (tertiary/aromatic N) is 3. The third-order valence-corrected chi connectivity index (χ3v) is 6.45. The number of benzene rings is 2. The van der Waals surface area contributed by atoms with E-state index in [1.54, 1.807) is 49.4 Å². The van der Waals surface area contributed by atoms with Crippen LogP contribution in [-0.2, 0) is 19.2 Å². The minimum absolute atomic E-state index is 0.260. The van der Waals surface area contributed by atoms with Gasteiger partial charge in [-0.3, -0.25) is 4.79 Å². The standard InChI is InChI=1S/C24H25ClN3O11/c1-15-19(10-22(30)37-12-24(11-29,13-38-27(32)33)14-39-28(34)35)20-9-18(36-2)7-8-21(20)26(15)23(31)16-3-5-17(25)6-4-16/h3-9,19,29H,10-14H2,1-2H3/q+1. The van der Waals surface area contributed by atoms with Crippen molar-refractivity contribution in [3.8, 4) is 5.75 Å². The molecule has 39 heavy (non-hydrogen) atoms. The summed E-state index contributed by atoms with van der Waals surface area (Å²) >= 11 is 5.95. The van der Waals surface area contributed by atoms with Crippen LogP contribution in [0, 0.1) is 25.6 Å². The Hall–Kier alpha value is -4.30. The third kappa shape index (κ3) is 6.97. The highest BCUT2D eigenvalue weighted by Crippen LogP contribution is 2.40. The van der Waals surface area contributed by atoms with Gasteiger partial charge in [-0.05, 0) is 36.4 Å². The van der Waals surface area contributed by atoms with E-state index in [2.05, 4.69) is 9.68 Å². The van der Waals surface area contributed by atoms with Gasteiger partial charge in [0.15, 0.2) is 5.71 Å². The summed E-state index contributed by atoms with van der Waals surface area (Å²) in [6.07, 6.45) is -0.260. The van der Waals surface area contributed by atoms with Crippen LogP contribution in [0.5, 0.6) is 5.75 Å². The SMILES string of the molecule is COc1ccc2c(c1)C(CC(=O)OCC(CO)(CO[N+](=O)[O-])CO[N+](=O)[O-])C(C)=[N+]2C(=O)c1ccc(Cl)cc1. The molecule has 0 radical (unpaired) electrons. The Morgan fingerprint density at radius 1 is 1.05 bits per heavy atom. The van der Waals surface area contributed by atoms with Crippen molar-refractivity contribution in [2.24, 2.45) is 5.41 Å². The van der Waals surface area contributed by atoms with Gasteiger partial charge in [-0.25, -0.2) is 4.79 Å². The predicted molar refractivity (Wildman–Crippen MR) is 133 cm³/mol. The number of hydrogen-bond donors (Lipinski definition) is 1. The van der Waals surface area contributed by atoms with Crippen molar-refractivity contribution in [1.29, 1.82) is 0 Å². The van der Waals surface area contributed by atoms with Gasteiger partial charge in [-0.1, -0.05) is 11.6 Å². The molecule has 0 fully saturated rings. The quantitative estimate of drug-likeness (QED) is 0.163. The van der Waals surface area contributed by atoms with Crippen molar-refractivity contribution in [2.45, 2.75) is 19.3 Å². The number of rotatable bonds is 13. The van der Waals surface area contributed by atoms with E-state index in [1.165, 1.54) is 11.7 Å². The summed E-state index contributed by atoms with van der Waals surface area (Å²) in [5.74, 6) is -1.27. The summed E-state index contributed by atoms with van der Waals surface area (Å²) in [5, 5.41) is 29.2. The molecule has 1 aliphatic rings. The Morgan fingerprint density at radius 3 is 2.21 bits per heavy atom. The van der Waals surface area contributed by atoms with Crippen molar-refractivity contribution in [3.63, 3.8) is 0 Å². The molecular weight excluding hydrogens is 542 g/mol. The van der Waals surface area contributed by atoms with Crippen LogP contribution in [0.4, 0.5) is 5.69 Å². The number of hydrogen-bond acceptors (Lipinski definition) is 11. The molecule has 1 N–H and O–H groups in total. The van der Waals surface area contributed by atoms with Crippen LogP contribution in [0.3, 0.4) is 0 Å². The maximum Gasteiger partial charge on any atom is 0.425 e. The molecule has 1 unspecified atom stereocenters. The molecule has 0 aromatic heterocycles. The maximum absolute atomic E-state index is 13.4. The molecule has 0 saturated heterocycles. The first-order valence-corrected chi connectivity index (χ1v) is 11.8. The fourth-order valence-electron chi connectivity index (χ4n) is 4.06. The lowest BCUT2D eigenvalue weighted by Gasteiger charge is -2.28. The van der Waals surface area contributed by atoms with Crippen LogP contribution in [0.1, 0.15) is 35.2 Å². The van der Waals surface area contributed by atoms with Gasteiger partial charge in [0.05, 0.1) is 37.0 Å². The Balaban J connectivity index is 1.86. The average molecular weight is 567 g/mol. The number of esters is 1. The monoisotopic (exact) mass is 566 g/mol. The lowest BCUT2D eigenvalue weighted by atomic mass is 9.92. The molecule has 3 rings (SSSR count). The molecule has 14 nitrogen and oxygen atoms in total. The second-order valence-corrected chi connectivity index (χ2v) is 9.22. The van der Waals surface area contributed by atoms with Gasteiger partial charge < -0.3 is 24.3 Å². The molecule has 1 amide bonds. The predicted octanol–water partition coefficient (Wildman–Crippen LogP) is 2.72. The zero-order valence-electron chi connectivity index (χ0n) is 20.9. The number of aliphatic hydroxyl groups is 1. The Bertz CT molecular complexity index is 1280. The molecule has 1 aliphatic heterocycles. The summed E-state index contributed by atoms with van der Waals surface area (Å²) < 4.78 is 12.1. The zero-order valence-corrected chi connectivity index (χ0v) is 21.7.